The molecule has 0 aromatic rings. The van der Waals surface area contributed by atoms with Crippen molar-refractivity contribution >= 4 is 41.9 Å². The van der Waals surface area contributed by atoms with Crippen LogP contribution in [-0.2, 0) is 9.53 Å². The number of ether oxygens (including phenoxy) is 1. The molecule has 2 amide bonds. The molecule has 1 aliphatic heterocycles. The van der Waals surface area contributed by atoms with Gasteiger partial charge in [-0.3, -0.25) is 9.79 Å². The second-order valence-electron chi connectivity index (χ2n) is 5.47. The van der Waals surface area contributed by atoms with Crippen LogP contribution in [-0.4, -0.2) is 61.7 Å². The lowest BCUT2D eigenvalue weighted by Crippen LogP contribution is -2.48. The van der Waals surface area contributed by atoms with E-state index in [1.807, 2.05) is 6.92 Å². The van der Waals surface area contributed by atoms with Crippen LogP contribution in [0.1, 0.15) is 39.5 Å². The molecule has 140 valence electrons. The van der Waals surface area contributed by atoms with Gasteiger partial charge >= 0.3 is 6.09 Å². The molecule has 1 saturated heterocycles. The standard InChI is InChI=1S/C15H29N5O3.HI/c1-3-8-17-13(21)5-9-18-14(16)19-12-6-10-20(11-7-12)15(22)23-4-2;/h12H,3-11H2,1-2H3,(H,17,21)(H3,16,18,19);1H. The lowest BCUT2D eigenvalue weighted by atomic mass is 10.1. The number of aliphatic imine (C=N–C) groups is 1. The summed E-state index contributed by atoms with van der Waals surface area (Å²) in [6.07, 6.45) is 2.59. The van der Waals surface area contributed by atoms with Crippen molar-refractivity contribution in [2.24, 2.45) is 10.7 Å². The number of piperidine rings is 1. The number of guanidine groups is 1. The Kier molecular flexibility index (Phi) is 12.4. The van der Waals surface area contributed by atoms with Crippen molar-refractivity contribution in [2.45, 2.75) is 45.6 Å². The van der Waals surface area contributed by atoms with Crippen LogP contribution in [0.3, 0.4) is 0 Å². The van der Waals surface area contributed by atoms with Crippen LogP contribution in [0, 0.1) is 0 Å². The minimum Gasteiger partial charge on any atom is -0.450 e. The predicted octanol–water partition coefficient (Wildman–Crippen LogP) is 1.05. The molecule has 0 saturated carbocycles. The Balaban J connectivity index is 0.00000529. The smallest absolute Gasteiger partial charge is 0.409 e. The van der Waals surface area contributed by atoms with Gasteiger partial charge < -0.3 is 26.0 Å². The van der Waals surface area contributed by atoms with Gasteiger partial charge in [0.15, 0.2) is 5.96 Å². The Morgan fingerprint density at radius 2 is 1.96 bits per heavy atom. The number of nitrogens with zero attached hydrogens (tertiary/aromatic N) is 2. The fourth-order valence-electron chi connectivity index (χ4n) is 2.31. The average Bonchev–Trinajstić information content (AvgIpc) is 2.53. The van der Waals surface area contributed by atoms with Gasteiger partial charge in [-0.15, -0.1) is 24.0 Å². The van der Waals surface area contributed by atoms with Crippen molar-refractivity contribution in [3.63, 3.8) is 0 Å². The molecule has 1 heterocycles. The summed E-state index contributed by atoms with van der Waals surface area (Å²) in [7, 11) is 0. The summed E-state index contributed by atoms with van der Waals surface area (Å²) >= 11 is 0. The topological polar surface area (TPSA) is 109 Å². The molecular weight excluding hydrogens is 425 g/mol. The van der Waals surface area contributed by atoms with Crippen molar-refractivity contribution in [3.8, 4) is 0 Å². The number of likely N-dealkylation sites (tertiary alicyclic amines) is 1. The molecule has 1 fully saturated rings. The maximum Gasteiger partial charge on any atom is 0.409 e. The van der Waals surface area contributed by atoms with E-state index < -0.39 is 0 Å². The molecular formula is C15H30IN5O3. The third kappa shape index (κ3) is 9.14. The lowest BCUT2D eigenvalue weighted by molar-refractivity contribution is -0.120. The van der Waals surface area contributed by atoms with Gasteiger partial charge in [0, 0.05) is 32.1 Å². The normalized spacial score (nSPS) is 15.4. The lowest BCUT2D eigenvalue weighted by Gasteiger charge is -2.31. The van der Waals surface area contributed by atoms with E-state index in [0.717, 1.165) is 19.3 Å². The van der Waals surface area contributed by atoms with E-state index >= 15 is 0 Å². The molecule has 0 aromatic heterocycles. The van der Waals surface area contributed by atoms with E-state index in [1.54, 1.807) is 11.8 Å². The molecule has 1 rings (SSSR count). The van der Waals surface area contributed by atoms with Gasteiger partial charge in [0.1, 0.15) is 0 Å². The second-order valence-corrected chi connectivity index (χ2v) is 5.47. The average molecular weight is 455 g/mol. The summed E-state index contributed by atoms with van der Waals surface area (Å²) in [6.45, 7) is 6.54. The highest BCUT2D eigenvalue weighted by Crippen LogP contribution is 2.11. The molecule has 0 bridgehead atoms. The number of nitrogens with one attached hydrogen (secondary N) is 2. The van der Waals surface area contributed by atoms with Gasteiger partial charge in [0.2, 0.25) is 5.91 Å². The zero-order valence-electron chi connectivity index (χ0n) is 14.5. The molecule has 8 nitrogen and oxygen atoms in total. The number of hydrogen-bond donors (Lipinski definition) is 3. The van der Waals surface area contributed by atoms with Gasteiger partial charge in [0.25, 0.3) is 0 Å². The maximum absolute atomic E-state index is 11.6. The van der Waals surface area contributed by atoms with E-state index in [-0.39, 0.29) is 42.0 Å². The largest absolute Gasteiger partial charge is 0.450 e. The molecule has 4 N–H and O–H groups in total. The molecule has 0 unspecified atom stereocenters. The summed E-state index contributed by atoms with van der Waals surface area (Å²) in [5.41, 5.74) is 5.83. The monoisotopic (exact) mass is 455 g/mol. The number of amides is 2. The summed E-state index contributed by atoms with van der Waals surface area (Å²) in [4.78, 5) is 28.9. The van der Waals surface area contributed by atoms with Gasteiger partial charge in [0.05, 0.1) is 13.2 Å². The van der Waals surface area contributed by atoms with E-state index in [1.165, 1.54) is 0 Å². The van der Waals surface area contributed by atoms with E-state index in [2.05, 4.69) is 15.6 Å². The third-order valence-electron chi connectivity index (χ3n) is 3.57. The Morgan fingerprint density at radius 3 is 2.54 bits per heavy atom. The Bertz CT molecular complexity index is 412. The first kappa shape index (κ1) is 22.7. The van der Waals surface area contributed by atoms with Gasteiger partial charge in [-0.2, -0.15) is 0 Å². The highest BCUT2D eigenvalue weighted by molar-refractivity contribution is 14.0. The van der Waals surface area contributed by atoms with Crippen molar-refractivity contribution in [2.75, 3.05) is 32.8 Å². The van der Waals surface area contributed by atoms with Crippen LogP contribution in [0.2, 0.25) is 0 Å². The van der Waals surface area contributed by atoms with Gasteiger partial charge in [-0.25, -0.2) is 4.79 Å². The van der Waals surface area contributed by atoms with Gasteiger partial charge in [-0.1, -0.05) is 6.92 Å². The van der Waals surface area contributed by atoms with E-state index in [0.29, 0.717) is 45.2 Å². The number of hydrogen-bond acceptors (Lipinski definition) is 4. The Morgan fingerprint density at radius 1 is 1.29 bits per heavy atom. The number of carbonyl (C=O) groups is 2. The molecule has 0 spiro atoms. The Labute approximate surface area is 161 Å². The van der Waals surface area contributed by atoms with Crippen LogP contribution < -0.4 is 16.4 Å². The number of rotatable bonds is 7. The third-order valence-corrected chi connectivity index (χ3v) is 3.57. The number of carbonyl (C=O) groups excluding carboxylic acids is 2. The highest BCUT2D eigenvalue weighted by Gasteiger charge is 2.23. The predicted molar refractivity (Wildman–Crippen MR) is 105 cm³/mol. The SMILES string of the molecule is CCCNC(=O)CCN=C(N)NC1CCN(C(=O)OCC)CC1.I. The van der Waals surface area contributed by atoms with Crippen LogP contribution in [0.25, 0.3) is 0 Å². The van der Waals surface area contributed by atoms with Crippen LogP contribution in [0.15, 0.2) is 4.99 Å². The first-order chi connectivity index (χ1) is 11.1. The molecule has 0 atom stereocenters. The number of nitrogens with two attached hydrogens (primary N) is 1. The zero-order chi connectivity index (χ0) is 17.1. The van der Waals surface area contributed by atoms with Crippen molar-refractivity contribution in [1.82, 2.24) is 15.5 Å². The quantitative estimate of drug-likeness (QED) is 0.302. The molecule has 0 aromatic carbocycles. The minimum atomic E-state index is -0.259. The van der Waals surface area contributed by atoms with Crippen molar-refractivity contribution in [1.29, 1.82) is 0 Å². The fraction of sp³-hybridized carbons (Fsp3) is 0.800. The van der Waals surface area contributed by atoms with Crippen LogP contribution in [0.5, 0.6) is 0 Å². The van der Waals surface area contributed by atoms with Crippen molar-refractivity contribution in [3.05, 3.63) is 0 Å². The Hall–Kier alpha value is -1.26. The first-order valence-corrected chi connectivity index (χ1v) is 8.31. The first-order valence-electron chi connectivity index (χ1n) is 8.31. The molecule has 9 heteroatoms. The van der Waals surface area contributed by atoms with E-state index in [9.17, 15) is 9.59 Å². The maximum atomic E-state index is 11.6. The molecule has 0 radical (unpaired) electrons. The summed E-state index contributed by atoms with van der Waals surface area (Å²) in [5.74, 6) is 0.342. The van der Waals surface area contributed by atoms with Crippen LogP contribution in [0.4, 0.5) is 4.79 Å². The summed E-state index contributed by atoms with van der Waals surface area (Å²) < 4.78 is 4.98. The fourth-order valence-corrected chi connectivity index (χ4v) is 2.31. The molecule has 24 heavy (non-hydrogen) atoms. The van der Waals surface area contributed by atoms with E-state index in [4.69, 9.17) is 10.5 Å². The van der Waals surface area contributed by atoms with Gasteiger partial charge in [-0.05, 0) is 26.2 Å². The molecule has 1 aliphatic rings. The minimum absolute atomic E-state index is 0. The highest BCUT2D eigenvalue weighted by atomic mass is 127. The second kappa shape index (κ2) is 13.1. The zero-order valence-corrected chi connectivity index (χ0v) is 16.9. The summed E-state index contributed by atoms with van der Waals surface area (Å²) in [6, 6.07) is 0.193. The number of halogens is 1. The van der Waals surface area contributed by atoms with Crippen LogP contribution >= 0.6 is 24.0 Å². The summed E-state index contributed by atoms with van der Waals surface area (Å²) in [5, 5.41) is 5.94. The molecule has 0 aliphatic carbocycles. The van der Waals surface area contributed by atoms with Crippen molar-refractivity contribution < 1.29 is 14.3 Å².